The highest BCUT2D eigenvalue weighted by Crippen LogP contribution is 2.35. The van der Waals surface area contributed by atoms with Gasteiger partial charge in [0.25, 0.3) is 10.0 Å². The number of sulfonamides is 1. The quantitative estimate of drug-likeness (QED) is 0.283. The molecule has 0 atom stereocenters. The molecule has 5 rings (SSSR count). The zero-order valence-corrected chi connectivity index (χ0v) is 22.5. The molecule has 4 heterocycles. The fourth-order valence-electron chi connectivity index (χ4n) is 4.45. The Morgan fingerprint density at radius 1 is 1.25 bits per heavy atom. The van der Waals surface area contributed by atoms with Gasteiger partial charge in [-0.05, 0) is 43.3 Å². The highest BCUT2D eigenvalue weighted by molar-refractivity contribution is 7.94. The molecule has 0 amide bonds. The Kier molecular flexibility index (Phi) is 7.75. The number of piperidine rings is 1. The minimum Gasteiger partial charge on any atom is -0.393 e. The van der Waals surface area contributed by atoms with Gasteiger partial charge >= 0.3 is 0 Å². The van der Waals surface area contributed by atoms with E-state index in [1.165, 1.54) is 20.5 Å². The molecule has 0 bridgehead atoms. The molecule has 4 aromatic rings. The van der Waals surface area contributed by atoms with E-state index >= 15 is 0 Å². The van der Waals surface area contributed by atoms with E-state index in [9.17, 15) is 13.5 Å². The summed E-state index contributed by atoms with van der Waals surface area (Å²) in [5.74, 6) is 0. The van der Waals surface area contributed by atoms with Crippen molar-refractivity contribution in [1.29, 1.82) is 0 Å². The summed E-state index contributed by atoms with van der Waals surface area (Å²) in [4.78, 5) is 11.6. The van der Waals surface area contributed by atoms with Gasteiger partial charge in [0.05, 0.1) is 36.2 Å². The van der Waals surface area contributed by atoms with Crippen LogP contribution in [-0.4, -0.2) is 67.3 Å². The molecule has 2 N–H and O–H groups in total. The average Bonchev–Trinajstić information content (AvgIpc) is 3.64. The highest BCUT2D eigenvalue weighted by atomic mass is 32.2. The maximum atomic E-state index is 13.6. The van der Waals surface area contributed by atoms with Crippen molar-refractivity contribution in [1.82, 2.24) is 14.9 Å². The molecule has 0 saturated carbocycles. The number of hydrogen-bond donors (Lipinski definition) is 2. The van der Waals surface area contributed by atoms with Gasteiger partial charge in [0.2, 0.25) is 0 Å². The number of nitrogens with zero attached hydrogens (tertiary/aromatic N) is 3. The van der Waals surface area contributed by atoms with E-state index in [4.69, 9.17) is 4.74 Å². The smallest absolute Gasteiger partial charge is 0.273 e. The number of H-pyrrole nitrogens is 1. The van der Waals surface area contributed by atoms with Crippen molar-refractivity contribution >= 4 is 49.3 Å². The van der Waals surface area contributed by atoms with E-state index in [1.807, 2.05) is 37.4 Å². The van der Waals surface area contributed by atoms with Gasteiger partial charge in [-0.3, -0.25) is 9.21 Å². The van der Waals surface area contributed by atoms with Crippen molar-refractivity contribution in [2.24, 2.45) is 0 Å². The number of para-hydroxylation sites is 1. The van der Waals surface area contributed by atoms with Crippen LogP contribution in [0.15, 0.2) is 52.2 Å². The topological polar surface area (TPSA) is 98.8 Å². The van der Waals surface area contributed by atoms with E-state index in [0.29, 0.717) is 23.1 Å². The third-order valence-corrected chi connectivity index (χ3v) is 10.5. The first-order valence-corrected chi connectivity index (χ1v) is 15.2. The predicted molar refractivity (Wildman–Crippen MR) is 145 cm³/mol. The second-order valence-electron chi connectivity index (χ2n) is 8.77. The number of nitrogens with one attached hydrogen (secondary N) is 1. The van der Waals surface area contributed by atoms with Crippen LogP contribution in [-0.2, 0) is 21.3 Å². The Morgan fingerprint density at radius 3 is 2.83 bits per heavy atom. The zero-order valence-electron chi connectivity index (χ0n) is 20.1. The number of benzene rings is 1. The van der Waals surface area contributed by atoms with Crippen molar-refractivity contribution in [3.05, 3.63) is 52.9 Å². The standard InChI is InChI=1S/C25H30N4O4S3/c1-2-33-13-12-29(36(31,32)23-7-4-14-34-23)22-6-3-5-18-15-21(27-24(18)22)25-26-16-20(35-25)17-28-10-8-19(30)9-11-28/h3-7,14-16,19,27,30H,2,8-13,17H2,1H3. The molecule has 3 aromatic heterocycles. The van der Waals surface area contributed by atoms with Crippen LogP contribution in [0.3, 0.4) is 0 Å². The predicted octanol–water partition coefficient (Wildman–Crippen LogP) is 4.54. The van der Waals surface area contributed by atoms with Crippen molar-refractivity contribution in [3.8, 4) is 10.7 Å². The first-order chi connectivity index (χ1) is 17.5. The van der Waals surface area contributed by atoms with Crippen LogP contribution >= 0.6 is 22.7 Å². The number of aromatic nitrogens is 2. The summed E-state index contributed by atoms with van der Waals surface area (Å²) in [6.07, 6.45) is 3.35. The number of thiophene rings is 1. The number of aliphatic hydroxyl groups is 1. The van der Waals surface area contributed by atoms with Gasteiger partial charge in [-0.25, -0.2) is 13.4 Å². The molecule has 0 spiro atoms. The number of fused-ring (bicyclic) bond motifs is 1. The number of aromatic amines is 1. The molecule has 0 radical (unpaired) electrons. The second-order valence-corrected chi connectivity index (χ2v) is 12.9. The van der Waals surface area contributed by atoms with Gasteiger partial charge in [0.1, 0.15) is 9.22 Å². The third-order valence-electron chi connectivity index (χ3n) is 6.31. The molecule has 192 valence electrons. The SMILES string of the molecule is CCOCCN(c1cccc2cc(-c3ncc(CN4CCC(O)CC4)s3)[nH]c12)S(=O)(=O)c1cccs1. The number of rotatable bonds is 10. The lowest BCUT2D eigenvalue weighted by atomic mass is 10.1. The van der Waals surface area contributed by atoms with Gasteiger partial charge in [-0.2, -0.15) is 0 Å². The number of hydrogen-bond acceptors (Lipinski definition) is 8. The summed E-state index contributed by atoms with van der Waals surface area (Å²) in [5, 5.41) is 13.3. The molecule has 0 unspecified atom stereocenters. The maximum absolute atomic E-state index is 13.6. The number of ether oxygens (including phenoxy) is 1. The van der Waals surface area contributed by atoms with Crippen LogP contribution < -0.4 is 4.31 Å². The first-order valence-electron chi connectivity index (χ1n) is 12.1. The molecule has 36 heavy (non-hydrogen) atoms. The largest absolute Gasteiger partial charge is 0.393 e. The van der Waals surface area contributed by atoms with Crippen molar-refractivity contribution in [2.75, 3.05) is 37.2 Å². The first kappa shape index (κ1) is 25.4. The average molecular weight is 547 g/mol. The Labute approximate surface area is 219 Å². The maximum Gasteiger partial charge on any atom is 0.273 e. The van der Waals surface area contributed by atoms with Crippen LogP contribution in [0.25, 0.3) is 21.6 Å². The molecular formula is C25H30N4O4S3. The number of thiazole rings is 1. The van der Waals surface area contributed by atoms with E-state index in [1.54, 1.807) is 28.8 Å². The minimum atomic E-state index is -3.74. The van der Waals surface area contributed by atoms with Gasteiger partial charge in [-0.1, -0.05) is 18.2 Å². The molecule has 1 fully saturated rings. The van der Waals surface area contributed by atoms with Gasteiger partial charge in [0.15, 0.2) is 0 Å². The summed E-state index contributed by atoms with van der Waals surface area (Å²) in [7, 11) is -3.74. The molecule has 1 aromatic carbocycles. The van der Waals surface area contributed by atoms with E-state index in [2.05, 4.69) is 14.9 Å². The van der Waals surface area contributed by atoms with E-state index in [-0.39, 0.29) is 12.6 Å². The van der Waals surface area contributed by atoms with E-state index in [0.717, 1.165) is 54.1 Å². The molecule has 0 aliphatic carbocycles. The monoisotopic (exact) mass is 546 g/mol. The van der Waals surface area contributed by atoms with Gasteiger partial charge in [-0.15, -0.1) is 22.7 Å². The molecule has 1 saturated heterocycles. The van der Waals surface area contributed by atoms with E-state index < -0.39 is 10.0 Å². The Morgan fingerprint density at radius 2 is 2.08 bits per heavy atom. The summed E-state index contributed by atoms with van der Waals surface area (Å²) < 4.78 is 34.4. The Bertz CT molecular complexity index is 1390. The summed E-state index contributed by atoms with van der Waals surface area (Å²) in [6.45, 7) is 5.53. The van der Waals surface area contributed by atoms with Gasteiger partial charge in [0, 0.05) is 42.7 Å². The normalized spacial score (nSPS) is 15.6. The zero-order chi connectivity index (χ0) is 25.1. The second kappa shape index (κ2) is 11.0. The molecule has 1 aliphatic rings. The molecular weight excluding hydrogens is 517 g/mol. The van der Waals surface area contributed by atoms with Crippen molar-refractivity contribution < 1.29 is 18.3 Å². The number of likely N-dealkylation sites (tertiary alicyclic amines) is 1. The molecule has 11 heteroatoms. The Hall–Kier alpha value is -2.28. The minimum absolute atomic E-state index is 0.185. The lowest BCUT2D eigenvalue weighted by Crippen LogP contribution is -2.35. The summed E-state index contributed by atoms with van der Waals surface area (Å²) in [5.41, 5.74) is 2.21. The van der Waals surface area contributed by atoms with Crippen LogP contribution in [0.2, 0.25) is 0 Å². The number of aliphatic hydroxyl groups excluding tert-OH is 1. The Balaban J connectivity index is 1.45. The summed E-state index contributed by atoms with van der Waals surface area (Å²) in [6, 6.07) is 11.1. The van der Waals surface area contributed by atoms with Crippen molar-refractivity contribution in [3.63, 3.8) is 0 Å². The third kappa shape index (κ3) is 5.36. The van der Waals surface area contributed by atoms with Crippen LogP contribution in [0.4, 0.5) is 5.69 Å². The van der Waals surface area contributed by atoms with Crippen molar-refractivity contribution in [2.45, 2.75) is 36.6 Å². The van der Waals surface area contributed by atoms with Crippen LogP contribution in [0.5, 0.6) is 0 Å². The lowest BCUT2D eigenvalue weighted by Gasteiger charge is -2.28. The fourth-order valence-corrected chi connectivity index (χ4v) is 7.94. The fraction of sp³-hybridized carbons (Fsp3) is 0.400. The van der Waals surface area contributed by atoms with Crippen LogP contribution in [0, 0.1) is 0 Å². The molecule has 1 aliphatic heterocycles. The number of anilines is 1. The summed E-state index contributed by atoms with van der Waals surface area (Å²) >= 11 is 2.84. The highest BCUT2D eigenvalue weighted by Gasteiger charge is 2.28. The lowest BCUT2D eigenvalue weighted by molar-refractivity contribution is 0.0797. The molecule has 8 nitrogen and oxygen atoms in total. The van der Waals surface area contributed by atoms with Crippen LogP contribution in [0.1, 0.15) is 24.6 Å². The van der Waals surface area contributed by atoms with Gasteiger partial charge < -0.3 is 14.8 Å².